The van der Waals surface area contributed by atoms with Crippen LogP contribution in [0.4, 0.5) is 5.69 Å². The summed E-state index contributed by atoms with van der Waals surface area (Å²) >= 11 is 6.78. The number of carbonyl (C=O) groups is 1. The highest BCUT2D eigenvalue weighted by Crippen LogP contribution is 2.33. The number of hydrogen-bond donors (Lipinski definition) is 2. The second-order valence-corrected chi connectivity index (χ2v) is 15.3. The predicted octanol–water partition coefficient (Wildman–Crippen LogP) is 6.28. The third kappa shape index (κ3) is 7.08. The third-order valence-electron chi connectivity index (χ3n) is 7.01. The van der Waals surface area contributed by atoms with Gasteiger partial charge in [-0.05, 0) is 91.2 Å². The summed E-state index contributed by atoms with van der Waals surface area (Å²) in [6.07, 6.45) is 0.457. The van der Waals surface area contributed by atoms with Crippen molar-refractivity contribution in [3.8, 4) is 0 Å². The molecule has 1 heterocycles. The highest BCUT2D eigenvalue weighted by Gasteiger charge is 2.27. The Morgan fingerprint density at radius 3 is 2.00 bits per heavy atom. The van der Waals surface area contributed by atoms with Crippen molar-refractivity contribution in [2.75, 3.05) is 10.8 Å². The summed E-state index contributed by atoms with van der Waals surface area (Å²) in [5, 5.41) is 8.58. The standard InChI is InChI=1S/C31H27Br2N3O6S2/c1-20-28-18-25(36(19-22-2-6-23(32)7-3-22)44(40,41)27-13-8-24(33)9-14-27)10-15-29(28)42-30(20)31(37)35-17-16-21-4-11-26(12-5-21)43(34,38)39/h2-15,18H,16-17,19H2,1H3,(H,35,37)(H2,34,38,39). The van der Waals surface area contributed by atoms with Gasteiger partial charge in [0, 0.05) is 26.4 Å². The van der Waals surface area contributed by atoms with Gasteiger partial charge >= 0.3 is 0 Å². The van der Waals surface area contributed by atoms with E-state index in [-0.39, 0.29) is 28.6 Å². The zero-order chi connectivity index (χ0) is 31.6. The Bertz CT molecular complexity index is 2050. The third-order valence-corrected chi connectivity index (χ3v) is 10.8. The Labute approximate surface area is 272 Å². The number of primary sulfonamides is 1. The molecule has 0 saturated heterocycles. The van der Waals surface area contributed by atoms with Gasteiger partial charge in [-0.3, -0.25) is 9.10 Å². The fourth-order valence-electron chi connectivity index (χ4n) is 4.63. The van der Waals surface area contributed by atoms with Crippen molar-refractivity contribution in [3.05, 3.63) is 122 Å². The number of aryl methyl sites for hydroxylation is 1. The molecule has 0 aliphatic carbocycles. The first-order valence-electron chi connectivity index (χ1n) is 13.3. The van der Waals surface area contributed by atoms with Crippen LogP contribution in [-0.2, 0) is 33.0 Å². The smallest absolute Gasteiger partial charge is 0.287 e. The summed E-state index contributed by atoms with van der Waals surface area (Å²) in [7, 11) is -7.75. The molecule has 0 aliphatic heterocycles. The van der Waals surface area contributed by atoms with Crippen LogP contribution in [0.5, 0.6) is 0 Å². The molecule has 0 spiro atoms. The van der Waals surface area contributed by atoms with E-state index >= 15 is 0 Å². The maximum atomic E-state index is 13.9. The van der Waals surface area contributed by atoms with Crippen LogP contribution in [0.15, 0.2) is 114 Å². The molecular formula is C31H27Br2N3O6S2. The van der Waals surface area contributed by atoms with E-state index < -0.39 is 26.0 Å². The summed E-state index contributed by atoms with van der Waals surface area (Å²) < 4.78 is 59.7. The van der Waals surface area contributed by atoms with Crippen LogP contribution in [0.25, 0.3) is 11.0 Å². The molecule has 0 aliphatic rings. The van der Waals surface area contributed by atoms with Gasteiger partial charge in [0.2, 0.25) is 10.0 Å². The molecule has 4 aromatic carbocycles. The molecule has 1 amide bonds. The Morgan fingerprint density at radius 1 is 0.818 bits per heavy atom. The molecule has 0 unspecified atom stereocenters. The van der Waals surface area contributed by atoms with Crippen molar-refractivity contribution in [1.29, 1.82) is 0 Å². The average Bonchev–Trinajstić information content (AvgIpc) is 3.32. The number of carbonyl (C=O) groups excluding carboxylic acids is 1. The number of halogens is 2. The van der Waals surface area contributed by atoms with Crippen LogP contribution in [0, 0.1) is 6.92 Å². The van der Waals surface area contributed by atoms with Crippen LogP contribution in [0.3, 0.4) is 0 Å². The molecule has 3 N–H and O–H groups in total. The van der Waals surface area contributed by atoms with E-state index in [0.717, 1.165) is 20.1 Å². The molecule has 5 rings (SSSR count). The maximum Gasteiger partial charge on any atom is 0.287 e. The first kappa shape index (κ1) is 31.9. The Morgan fingerprint density at radius 2 is 1.39 bits per heavy atom. The normalized spacial score (nSPS) is 11.9. The molecule has 228 valence electrons. The number of anilines is 1. The minimum absolute atomic E-state index is 0.0163. The summed E-state index contributed by atoms with van der Waals surface area (Å²) in [6, 6.07) is 25.0. The van der Waals surface area contributed by atoms with Gasteiger partial charge in [-0.25, -0.2) is 22.0 Å². The lowest BCUT2D eigenvalue weighted by atomic mass is 10.1. The molecule has 13 heteroatoms. The van der Waals surface area contributed by atoms with Crippen LogP contribution in [0.2, 0.25) is 0 Å². The lowest BCUT2D eigenvalue weighted by Gasteiger charge is -2.25. The first-order chi connectivity index (χ1) is 20.8. The van der Waals surface area contributed by atoms with Crippen LogP contribution >= 0.6 is 31.9 Å². The van der Waals surface area contributed by atoms with Crippen molar-refractivity contribution in [1.82, 2.24) is 5.32 Å². The molecule has 9 nitrogen and oxygen atoms in total. The highest BCUT2D eigenvalue weighted by atomic mass is 79.9. The fraction of sp³-hybridized carbons (Fsp3) is 0.129. The number of amides is 1. The lowest BCUT2D eigenvalue weighted by molar-refractivity contribution is 0.0927. The summed E-state index contributed by atoms with van der Waals surface area (Å²) in [5.41, 5.74) is 3.04. The minimum atomic E-state index is -3.97. The van der Waals surface area contributed by atoms with Gasteiger partial charge in [0.05, 0.1) is 22.0 Å². The number of sulfonamides is 2. The molecule has 0 fully saturated rings. The number of furan rings is 1. The quantitative estimate of drug-likeness (QED) is 0.172. The zero-order valence-electron chi connectivity index (χ0n) is 23.3. The topological polar surface area (TPSA) is 140 Å². The number of hydrogen-bond acceptors (Lipinski definition) is 6. The minimum Gasteiger partial charge on any atom is -0.451 e. The molecular weight excluding hydrogens is 734 g/mol. The van der Waals surface area contributed by atoms with Gasteiger partial charge in [-0.1, -0.05) is 56.1 Å². The predicted molar refractivity (Wildman–Crippen MR) is 176 cm³/mol. The number of nitrogens with two attached hydrogens (primary N) is 1. The van der Waals surface area contributed by atoms with Crippen molar-refractivity contribution >= 4 is 74.5 Å². The monoisotopic (exact) mass is 759 g/mol. The number of rotatable bonds is 10. The van der Waals surface area contributed by atoms with Crippen LogP contribution in [-0.4, -0.2) is 29.3 Å². The van der Waals surface area contributed by atoms with E-state index in [4.69, 9.17) is 9.56 Å². The van der Waals surface area contributed by atoms with Crippen LogP contribution in [0.1, 0.15) is 27.2 Å². The Kier molecular flexibility index (Phi) is 9.33. The van der Waals surface area contributed by atoms with E-state index in [2.05, 4.69) is 37.2 Å². The Balaban J connectivity index is 1.41. The number of benzene rings is 4. The lowest BCUT2D eigenvalue weighted by Crippen LogP contribution is -2.30. The molecule has 0 radical (unpaired) electrons. The first-order valence-corrected chi connectivity index (χ1v) is 17.9. The second kappa shape index (κ2) is 12.9. The van der Waals surface area contributed by atoms with E-state index in [1.165, 1.54) is 16.4 Å². The largest absolute Gasteiger partial charge is 0.451 e. The van der Waals surface area contributed by atoms with Crippen molar-refractivity contribution in [3.63, 3.8) is 0 Å². The van der Waals surface area contributed by atoms with Crippen molar-refractivity contribution < 1.29 is 26.0 Å². The molecule has 0 saturated carbocycles. The van der Waals surface area contributed by atoms with E-state index in [0.29, 0.717) is 28.6 Å². The molecule has 5 aromatic rings. The molecule has 0 atom stereocenters. The molecule has 0 bridgehead atoms. The Hall–Kier alpha value is -3.49. The summed E-state index contributed by atoms with van der Waals surface area (Å²) in [6.45, 7) is 2.11. The second-order valence-electron chi connectivity index (χ2n) is 10.0. The van der Waals surface area contributed by atoms with Crippen molar-refractivity contribution in [2.24, 2.45) is 5.14 Å². The van der Waals surface area contributed by atoms with E-state index in [1.54, 1.807) is 61.5 Å². The van der Waals surface area contributed by atoms with Gasteiger partial charge < -0.3 is 9.73 Å². The average molecular weight is 762 g/mol. The van der Waals surface area contributed by atoms with Gasteiger partial charge in [-0.2, -0.15) is 0 Å². The number of fused-ring (bicyclic) bond motifs is 1. The molecule has 44 heavy (non-hydrogen) atoms. The van der Waals surface area contributed by atoms with Gasteiger partial charge in [0.25, 0.3) is 15.9 Å². The number of nitrogens with zero attached hydrogens (tertiary/aromatic N) is 1. The van der Waals surface area contributed by atoms with Crippen molar-refractivity contribution in [2.45, 2.75) is 29.7 Å². The summed E-state index contributed by atoms with van der Waals surface area (Å²) in [5.74, 6) is -0.299. The van der Waals surface area contributed by atoms with Gasteiger partial charge in [-0.15, -0.1) is 0 Å². The maximum absolute atomic E-state index is 13.9. The van der Waals surface area contributed by atoms with Gasteiger partial charge in [0.15, 0.2) is 5.76 Å². The molecule has 1 aromatic heterocycles. The summed E-state index contributed by atoms with van der Waals surface area (Å²) in [4.78, 5) is 13.2. The zero-order valence-corrected chi connectivity index (χ0v) is 28.1. The van der Waals surface area contributed by atoms with Gasteiger partial charge in [0.1, 0.15) is 5.58 Å². The fourth-order valence-corrected chi connectivity index (χ4v) is 7.12. The highest BCUT2D eigenvalue weighted by molar-refractivity contribution is 9.10. The van der Waals surface area contributed by atoms with Crippen LogP contribution < -0.4 is 14.8 Å². The van der Waals surface area contributed by atoms with E-state index in [1.807, 2.05) is 24.3 Å². The SMILES string of the molecule is Cc1c(C(=O)NCCc2ccc(S(N)(=O)=O)cc2)oc2ccc(N(Cc3ccc(Br)cc3)S(=O)(=O)c3ccc(Br)cc3)cc12. The number of nitrogens with one attached hydrogen (secondary N) is 1. The van der Waals surface area contributed by atoms with E-state index in [9.17, 15) is 21.6 Å².